The van der Waals surface area contributed by atoms with Crippen LogP contribution in [0.3, 0.4) is 0 Å². The molecule has 0 amide bonds. The molecule has 0 unspecified atom stereocenters. The van der Waals surface area contributed by atoms with Gasteiger partial charge in [-0.1, -0.05) is 212 Å². The Kier molecular flexibility index (Phi) is 9.65. The van der Waals surface area contributed by atoms with Gasteiger partial charge in [0.25, 0.3) is 0 Å². The Hall–Kier alpha value is -9.19. The highest BCUT2D eigenvalue weighted by Gasteiger charge is 2.46. The van der Waals surface area contributed by atoms with E-state index in [9.17, 15) is 0 Å². The van der Waals surface area contributed by atoms with Crippen molar-refractivity contribution in [3.63, 3.8) is 0 Å². The summed E-state index contributed by atoms with van der Waals surface area (Å²) in [6.07, 6.45) is 0. The van der Waals surface area contributed by atoms with Crippen LogP contribution in [-0.4, -0.2) is 15.0 Å². The highest BCUT2D eigenvalue weighted by molar-refractivity contribution is 5.87. The Morgan fingerprint density at radius 3 is 1.20 bits per heavy atom. The molecule has 10 aromatic carbocycles. The Labute approximate surface area is 400 Å². The number of ether oxygens (including phenoxy) is 2. The molecule has 0 N–H and O–H groups in total. The summed E-state index contributed by atoms with van der Waals surface area (Å²) in [6.45, 7) is 0. The van der Waals surface area contributed by atoms with Gasteiger partial charge in [-0.3, -0.25) is 0 Å². The highest BCUT2D eigenvalue weighted by atomic mass is 16.6. The van der Waals surface area contributed by atoms with E-state index in [1.807, 2.05) is 42.5 Å². The number of rotatable bonds is 8. The van der Waals surface area contributed by atoms with Crippen molar-refractivity contribution in [1.82, 2.24) is 15.0 Å². The van der Waals surface area contributed by atoms with Gasteiger partial charge < -0.3 is 9.47 Å². The quantitative estimate of drug-likeness (QED) is 0.152. The van der Waals surface area contributed by atoms with Crippen molar-refractivity contribution in [3.05, 3.63) is 271 Å². The molecule has 0 atom stereocenters. The third kappa shape index (κ3) is 6.99. The molecule has 0 radical (unpaired) electrons. The summed E-state index contributed by atoms with van der Waals surface area (Å²) in [7, 11) is 0. The lowest BCUT2D eigenvalue weighted by molar-refractivity contribution is 0.359. The Morgan fingerprint density at radius 1 is 0.246 bits per heavy atom. The largest absolute Gasteiger partial charge is 0.450 e. The summed E-state index contributed by atoms with van der Waals surface area (Å²) in [5.74, 6) is 4.63. The second-order valence-corrected chi connectivity index (χ2v) is 17.5. The first-order chi connectivity index (χ1) is 34.2. The molecule has 1 aliphatic heterocycles. The topological polar surface area (TPSA) is 57.1 Å². The lowest BCUT2D eigenvalue weighted by Crippen LogP contribution is -2.28. The molecular formula is C64H41N3O2. The van der Waals surface area contributed by atoms with Gasteiger partial charge in [-0.25, -0.2) is 15.0 Å². The first-order valence-corrected chi connectivity index (χ1v) is 23.2. The molecule has 11 aromatic rings. The maximum atomic E-state index is 6.53. The van der Waals surface area contributed by atoms with Crippen LogP contribution >= 0.6 is 0 Å². The van der Waals surface area contributed by atoms with Gasteiger partial charge in [0.2, 0.25) is 0 Å². The van der Waals surface area contributed by atoms with Crippen molar-refractivity contribution in [2.24, 2.45) is 0 Å². The second-order valence-electron chi connectivity index (χ2n) is 17.5. The zero-order chi connectivity index (χ0) is 45.7. The monoisotopic (exact) mass is 883 g/mol. The van der Waals surface area contributed by atoms with E-state index in [2.05, 4.69) is 206 Å². The number of fused-ring (bicyclic) bond motifs is 5. The average Bonchev–Trinajstić information content (AvgIpc) is 3.74. The Morgan fingerprint density at radius 2 is 0.623 bits per heavy atom. The standard InChI is InChI=1S/C64H41N3O2/c1-3-15-42(16-4-1)44-29-31-46(32-30-44)61-65-62(49-21-13-19-47(39-49)43-17-5-2-6-18-43)67-63(66-61)50-22-14-20-48(40-50)45-33-35-51(36-34-45)64(55-25-9-7-23-53(55)54-24-8-10-26-56(54)64)52-37-38-59-60(41-52)69-58-28-12-11-27-57(58)68-59/h1-41H. The molecule has 2 aliphatic rings. The van der Waals surface area contributed by atoms with E-state index in [1.54, 1.807) is 0 Å². The van der Waals surface area contributed by atoms with Crippen molar-refractivity contribution < 1.29 is 9.47 Å². The molecule has 0 fully saturated rings. The molecule has 5 heteroatoms. The molecule has 0 saturated carbocycles. The number of hydrogen-bond donors (Lipinski definition) is 0. The predicted molar refractivity (Wildman–Crippen MR) is 276 cm³/mol. The summed E-state index contributed by atoms with van der Waals surface area (Å²) in [6, 6.07) is 87.0. The van der Waals surface area contributed by atoms with Gasteiger partial charge in [-0.05, 0) is 103 Å². The summed E-state index contributed by atoms with van der Waals surface area (Å²) in [5, 5.41) is 0. The zero-order valence-electron chi connectivity index (χ0n) is 37.3. The molecule has 0 bridgehead atoms. The minimum atomic E-state index is -0.627. The predicted octanol–water partition coefficient (Wildman–Crippen LogP) is 16.1. The summed E-state index contributed by atoms with van der Waals surface area (Å²) in [4.78, 5) is 15.5. The van der Waals surface area contributed by atoms with Gasteiger partial charge in [0.05, 0.1) is 5.41 Å². The van der Waals surface area contributed by atoms with Crippen molar-refractivity contribution in [3.8, 4) is 102 Å². The van der Waals surface area contributed by atoms with E-state index in [0.29, 0.717) is 40.5 Å². The minimum Gasteiger partial charge on any atom is -0.450 e. The van der Waals surface area contributed by atoms with E-state index in [-0.39, 0.29) is 0 Å². The fourth-order valence-electron chi connectivity index (χ4n) is 10.2. The number of aromatic nitrogens is 3. The molecule has 0 spiro atoms. The fourth-order valence-corrected chi connectivity index (χ4v) is 10.2. The van der Waals surface area contributed by atoms with Gasteiger partial charge in [-0.2, -0.15) is 0 Å². The fraction of sp³-hybridized carbons (Fsp3) is 0.0156. The van der Waals surface area contributed by atoms with Gasteiger partial charge in [-0.15, -0.1) is 0 Å². The number of hydrogen-bond acceptors (Lipinski definition) is 5. The van der Waals surface area contributed by atoms with E-state index in [0.717, 1.165) is 61.2 Å². The van der Waals surface area contributed by atoms with Crippen molar-refractivity contribution in [2.75, 3.05) is 0 Å². The summed E-state index contributed by atoms with van der Waals surface area (Å²) < 4.78 is 12.9. The maximum Gasteiger partial charge on any atom is 0.170 e. The van der Waals surface area contributed by atoms with Gasteiger partial charge in [0, 0.05) is 16.7 Å². The van der Waals surface area contributed by atoms with Crippen LogP contribution in [-0.2, 0) is 5.41 Å². The lowest BCUT2D eigenvalue weighted by Gasteiger charge is -2.34. The number of nitrogens with zero attached hydrogens (tertiary/aromatic N) is 3. The molecule has 69 heavy (non-hydrogen) atoms. The van der Waals surface area contributed by atoms with E-state index >= 15 is 0 Å². The molecule has 5 nitrogen and oxygen atoms in total. The van der Waals surface area contributed by atoms with Gasteiger partial charge in [0.15, 0.2) is 40.5 Å². The molecule has 0 saturated heterocycles. The van der Waals surface area contributed by atoms with Crippen LogP contribution < -0.4 is 9.47 Å². The Balaban J connectivity index is 0.905. The van der Waals surface area contributed by atoms with Crippen LogP contribution in [0.2, 0.25) is 0 Å². The number of para-hydroxylation sites is 2. The van der Waals surface area contributed by atoms with Crippen LogP contribution in [0.1, 0.15) is 22.3 Å². The first kappa shape index (κ1) is 40.1. The molecule has 1 aromatic heterocycles. The van der Waals surface area contributed by atoms with Crippen LogP contribution in [0, 0.1) is 0 Å². The van der Waals surface area contributed by atoms with Crippen LogP contribution in [0.5, 0.6) is 23.0 Å². The maximum absolute atomic E-state index is 6.53. The molecule has 1 aliphatic carbocycles. The van der Waals surface area contributed by atoms with E-state index in [4.69, 9.17) is 24.4 Å². The zero-order valence-corrected chi connectivity index (χ0v) is 37.3. The number of benzene rings is 10. The Bertz CT molecular complexity index is 3670. The molecule has 2 heterocycles. The average molecular weight is 884 g/mol. The van der Waals surface area contributed by atoms with E-state index < -0.39 is 5.41 Å². The normalized spacial score (nSPS) is 12.7. The SMILES string of the molecule is c1ccc(-c2ccc(-c3nc(-c4cccc(-c5ccccc5)c4)nc(-c4cccc(-c5ccc(C6(c7ccc8c(c7)Oc7ccccc7O8)c7ccccc7-c7ccccc76)cc5)c4)n3)cc2)cc1. The van der Waals surface area contributed by atoms with Crippen molar-refractivity contribution in [1.29, 1.82) is 0 Å². The lowest BCUT2D eigenvalue weighted by atomic mass is 9.67. The highest BCUT2D eigenvalue weighted by Crippen LogP contribution is 2.58. The first-order valence-electron chi connectivity index (χ1n) is 23.2. The third-order valence-corrected chi connectivity index (χ3v) is 13.5. The van der Waals surface area contributed by atoms with Crippen molar-refractivity contribution in [2.45, 2.75) is 5.41 Å². The molecule has 324 valence electrons. The van der Waals surface area contributed by atoms with Crippen LogP contribution in [0.4, 0.5) is 0 Å². The third-order valence-electron chi connectivity index (χ3n) is 13.5. The van der Waals surface area contributed by atoms with Crippen molar-refractivity contribution >= 4 is 0 Å². The van der Waals surface area contributed by atoms with Gasteiger partial charge >= 0.3 is 0 Å². The second kappa shape index (κ2) is 16.6. The van der Waals surface area contributed by atoms with Crippen LogP contribution in [0.25, 0.3) is 78.7 Å². The smallest absolute Gasteiger partial charge is 0.170 e. The molecular weight excluding hydrogens is 843 g/mol. The van der Waals surface area contributed by atoms with Crippen LogP contribution in [0.15, 0.2) is 249 Å². The van der Waals surface area contributed by atoms with E-state index in [1.165, 1.54) is 22.3 Å². The minimum absolute atomic E-state index is 0.602. The van der Waals surface area contributed by atoms with Gasteiger partial charge in [0.1, 0.15) is 0 Å². The molecule has 13 rings (SSSR count). The summed E-state index contributed by atoms with van der Waals surface area (Å²) >= 11 is 0. The summed E-state index contributed by atoms with van der Waals surface area (Å²) in [5.41, 5.74) is 15.9.